The summed E-state index contributed by atoms with van der Waals surface area (Å²) in [7, 11) is 0. The molecule has 0 amide bonds. The van der Waals surface area contributed by atoms with Crippen molar-refractivity contribution in [2.75, 3.05) is 5.32 Å². The van der Waals surface area contributed by atoms with E-state index in [-0.39, 0.29) is 0 Å². The van der Waals surface area contributed by atoms with Crippen LogP contribution in [0.5, 0.6) is 0 Å². The molecule has 1 aliphatic rings. The first-order valence-electron chi connectivity index (χ1n) is 6.52. The smallest absolute Gasteiger partial charge is 0.0470 e. The van der Waals surface area contributed by atoms with Crippen LogP contribution in [0.15, 0.2) is 36.4 Å². The number of benzene rings is 2. The van der Waals surface area contributed by atoms with Gasteiger partial charge in [0.25, 0.3) is 0 Å². The largest absolute Gasteiger partial charge is 0.381 e. The van der Waals surface area contributed by atoms with E-state index in [1.165, 1.54) is 30.4 Å². The van der Waals surface area contributed by atoms with E-state index in [4.69, 9.17) is 23.2 Å². The van der Waals surface area contributed by atoms with Crippen molar-refractivity contribution in [1.29, 1.82) is 0 Å². The van der Waals surface area contributed by atoms with Crippen LogP contribution in [0.25, 0.3) is 0 Å². The third kappa shape index (κ3) is 2.88. The number of hydrogen-bond donors (Lipinski definition) is 1. The lowest BCUT2D eigenvalue weighted by Gasteiger charge is -2.10. The highest BCUT2D eigenvalue weighted by molar-refractivity contribution is 6.35. The second-order valence-corrected chi connectivity index (χ2v) is 5.77. The normalized spacial score (nSPS) is 13.4. The molecule has 1 N–H and O–H groups in total. The number of fused-ring (bicyclic) bond motifs is 1. The monoisotopic (exact) mass is 291 g/mol. The fraction of sp³-hybridized carbons (Fsp3) is 0.250. The van der Waals surface area contributed by atoms with Gasteiger partial charge in [-0.1, -0.05) is 35.3 Å². The van der Waals surface area contributed by atoms with Gasteiger partial charge in [0.2, 0.25) is 0 Å². The number of nitrogens with one attached hydrogen (secondary N) is 1. The Bertz CT molecular complexity index is 608. The van der Waals surface area contributed by atoms with E-state index in [0.717, 1.165) is 17.8 Å². The molecule has 0 unspecified atom stereocenters. The standard InChI is InChI=1S/C16H15Cl2N/c17-14-6-4-13(16(18)9-14)10-19-15-7-5-11-2-1-3-12(11)8-15/h4-9,19H,1-3,10H2. The van der Waals surface area contributed by atoms with Crippen LogP contribution in [-0.2, 0) is 19.4 Å². The van der Waals surface area contributed by atoms with Crippen molar-refractivity contribution in [1.82, 2.24) is 0 Å². The summed E-state index contributed by atoms with van der Waals surface area (Å²) in [4.78, 5) is 0. The van der Waals surface area contributed by atoms with Crippen LogP contribution in [0.2, 0.25) is 10.0 Å². The van der Waals surface area contributed by atoms with Crippen molar-refractivity contribution < 1.29 is 0 Å². The maximum atomic E-state index is 6.17. The quantitative estimate of drug-likeness (QED) is 0.830. The summed E-state index contributed by atoms with van der Waals surface area (Å²) in [6.45, 7) is 0.717. The Kier molecular flexibility index (Phi) is 3.67. The number of hydrogen-bond acceptors (Lipinski definition) is 1. The lowest BCUT2D eigenvalue weighted by molar-refractivity contribution is 0.912. The van der Waals surface area contributed by atoms with E-state index >= 15 is 0 Å². The average Bonchev–Trinajstić information content (AvgIpc) is 2.85. The second kappa shape index (κ2) is 5.44. The van der Waals surface area contributed by atoms with Gasteiger partial charge in [0.05, 0.1) is 0 Å². The SMILES string of the molecule is Clc1ccc(CNc2ccc3c(c2)CCC3)c(Cl)c1. The van der Waals surface area contributed by atoms with Crippen LogP contribution >= 0.6 is 23.2 Å². The molecular formula is C16H15Cl2N. The zero-order valence-corrected chi connectivity index (χ0v) is 12.1. The molecule has 3 rings (SSSR count). The Balaban J connectivity index is 1.72. The minimum absolute atomic E-state index is 0.672. The van der Waals surface area contributed by atoms with Crippen LogP contribution in [0, 0.1) is 0 Å². The van der Waals surface area contributed by atoms with Gasteiger partial charge in [-0.05, 0) is 60.2 Å². The van der Waals surface area contributed by atoms with Crippen molar-refractivity contribution in [2.45, 2.75) is 25.8 Å². The fourth-order valence-corrected chi connectivity index (χ4v) is 3.02. The van der Waals surface area contributed by atoms with E-state index in [0.29, 0.717) is 10.0 Å². The molecule has 19 heavy (non-hydrogen) atoms. The van der Waals surface area contributed by atoms with E-state index < -0.39 is 0 Å². The Labute approximate surface area is 123 Å². The molecular weight excluding hydrogens is 277 g/mol. The molecule has 0 radical (unpaired) electrons. The highest BCUT2D eigenvalue weighted by Crippen LogP contribution is 2.26. The molecule has 1 nitrogen and oxygen atoms in total. The highest BCUT2D eigenvalue weighted by atomic mass is 35.5. The molecule has 2 aromatic rings. The highest BCUT2D eigenvalue weighted by Gasteiger charge is 2.10. The van der Waals surface area contributed by atoms with E-state index in [9.17, 15) is 0 Å². The van der Waals surface area contributed by atoms with Crippen molar-refractivity contribution in [3.8, 4) is 0 Å². The van der Waals surface area contributed by atoms with E-state index in [1.54, 1.807) is 6.07 Å². The van der Waals surface area contributed by atoms with Gasteiger partial charge in [0, 0.05) is 22.3 Å². The molecule has 0 saturated heterocycles. The minimum Gasteiger partial charge on any atom is -0.381 e. The number of halogens is 2. The van der Waals surface area contributed by atoms with Crippen LogP contribution in [0.3, 0.4) is 0 Å². The minimum atomic E-state index is 0.672. The Morgan fingerprint density at radius 2 is 1.79 bits per heavy atom. The second-order valence-electron chi connectivity index (χ2n) is 4.93. The summed E-state index contributed by atoms with van der Waals surface area (Å²) >= 11 is 12.1. The van der Waals surface area contributed by atoms with Gasteiger partial charge in [-0.3, -0.25) is 0 Å². The zero-order valence-electron chi connectivity index (χ0n) is 10.5. The third-order valence-corrected chi connectivity index (χ3v) is 4.18. The molecule has 98 valence electrons. The maximum absolute atomic E-state index is 6.17. The van der Waals surface area contributed by atoms with Gasteiger partial charge < -0.3 is 5.32 Å². The van der Waals surface area contributed by atoms with Gasteiger partial charge in [0.1, 0.15) is 0 Å². The van der Waals surface area contributed by atoms with Gasteiger partial charge in [-0.2, -0.15) is 0 Å². The van der Waals surface area contributed by atoms with Crippen LogP contribution in [0.4, 0.5) is 5.69 Å². The number of aryl methyl sites for hydroxylation is 2. The van der Waals surface area contributed by atoms with Gasteiger partial charge >= 0.3 is 0 Å². The van der Waals surface area contributed by atoms with Crippen molar-refractivity contribution >= 4 is 28.9 Å². The first-order valence-corrected chi connectivity index (χ1v) is 7.27. The Morgan fingerprint density at radius 1 is 0.947 bits per heavy atom. The summed E-state index contributed by atoms with van der Waals surface area (Å²) in [5, 5.41) is 4.81. The number of anilines is 1. The molecule has 0 aliphatic heterocycles. The van der Waals surface area contributed by atoms with Gasteiger partial charge in [-0.15, -0.1) is 0 Å². The lowest BCUT2D eigenvalue weighted by atomic mass is 10.1. The molecule has 0 spiro atoms. The topological polar surface area (TPSA) is 12.0 Å². The van der Waals surface area contributed by atoms with Crippen molar-refractivity contribution in [2.24, 2.45) is 0 Å². The summed E-state index contributed by atoms with van der Waals surface area (Å²) in [6, 6.07) is 12.2. The molecule has 0 fully saturated rings. The number of rotatable bonds is 3. The Hall–Kier alpha value is -1.18. The predicted molar refractivity (Wildman–Crippen MR) is 82.3 cm³/mol. The van der Waals surface area contributed by atoms with Crippen LogP contribution < -0.4 is 5.32 Å². The zero-order chi connectivity index (χ0) is 13.2. The molecule has 0 heterocycles. The lowest BCUT2D eigenvalue weighted by Crippen LogP contribution is -2.00. The summed E-state index contributed by atoms with van der Waals surface area (Å²) in [5.41, 5.74) is 5.19. The van der Waals surface area contributed by atoms with Gasteiger partial charge in [0.15, 0.2) is 0 Å². The first-order chi connectivity index (χ1) is 9.22. The van der Waals surface area contributed by atoms with E-state index in [2.05, 4.69) is 23.5 Å². The third-order valence-electron chi connectivity index (χ3n) is 3.60. The molecule has 2 aromatic carbocycles. The molecule has 0 bridgehead atoms. The van der Waals surface area contributed by atoms with Crippen molar-refractivity contribution in [3.05, 3.63) is 63.1 Å². The van der Waals surface area contributed by atoms with Crippen molar-refractivity contribution in [3.63, 3.8) is 0 Å². The summed E-state index contributed by atoms with van der Waals surface area (Å²) in [5.74, 6) is 0. The molecule has 0 atom stereocenters. The molecule has 0 saturated carbocycles. The van der Waals surface area contributed by atoms with Crippen LogP contribution in [-0.4, -0.2) is 0 Å². The summed E-state index contributed by atoms with van der Waals surface area (Å²) in [6.07, 6.45) is 3.70. The molecule has 0 aromatic heterocycles. The molecule has 1 aliphatic carbocycles. The summed E-state index contributed by atoms with van der Waals surface area (Å²) < 4.78 is 0. The fourth-order valence-electron chi connectivity index (χ4n) is 2.54. The van der Waals surface area contributed by atoms with E-state index in [1.807, 2.05) is 12.1 Å². The first kappa shape index (κ1) is 12.8. The maximum Gasteiger partial charge on any atom is 0.0470 e. The average molecular weight is 292 g/mol. The van der Waals surface area contributed by atoms with Crippen LogP contribution in [0.1, 0.15) is 23.1 Å². The molecule has 3 heteroatoms. The van der Waals surface area contributed by atoms with Gasteiger partial charge in [-0.25, -0.2) is 0 Å². The predicted octanol–water partition coefficient (Wildman–Crippen LogP) is 5.09. The Morgan fingerprint density at radius 3 is 2.63 bits per heavy atom.